The summed E-state index contributed by atoms with van der Waals surface area (Å²) < 4.78 is 18.5. The molecule has 0 heterocycles. The number of alkyl halides is 1. The third-order valence-corrected chi connectivity index (χ3v) is 11.9. The number of ether oxygens (including phenoxy) is 3. The van der Waals surface area contributed by atoms with Crippen LogP contribution in [-0.2, 0) is 14.2 Å². The van der Waals surface area contributed by atoms with Gasteiger partial charge in [-0.3, -0.25) is 0 Å². The SMILES string of the molecule is CC(C)CCC[C@@H](C)[C@H]1CC[C@H]2[C@@H]3CC=C4C[C@H](OCCOCCOCCI)CC[C@]4(C)[C@H]3CC[C@]12C. The Kier molecular flexibility index (Phi) is 11.3. The third kappa shape index (κ3) is 6.99. The number of hydrogen-bond acceptors (Lipinski definition) is 3. The highest BCUT2D eigenvalue weighted by molar-refractivity contribution is 14.1. The van der Waals surface area contributed by atoms with Gasteiger partial charge in [0.1, 0.15) is 0 Å². The van der Waals surface area contributed by atoms with Gasteiger partial charge in [-0.25, -0.2) is 0 Å². The van der Waals surface area contributed by atoms with Gasteiger partial charge in [0, 0.05) is 4.43 Å². The van der Waals surface area contributed by atoms with Crippen molar-refractivity contribution in [2.45, 2.75) is 111 Å². The molecule has 0 saturated heterocycles. The predicted molar refractivity (Wildman–Crippen MR) is 163 cm³/mol. The molecular formula is C33H57IO3. The molecule has 3 fully saturated rings. The molecule has 0 N–H and O–H groups in total. The number of allylic oxidation sites excluding steroid dienone is 1. The maximum atomic E-state index is 6.31. The molecule has 214 valence electrons. The standard InChI is InChI=1S/C33H57IO3/c1-24(2)7-6-8-25(3)29-11-12-30-28-10-9-26-23-27(37-22-21-36-20-19-35-18-17-34)13-15-32(26,4)31(28)14-16-33(29,30)5/h9,24-25,27-31H,6-8,10-23H2,1-5H3/t25-,27-,28+,29-,30+,31+,32+,33-/m1/s1. The molecule has 4 heteroatoms. The Labute approximate surface area is 242 Å². The zero-order valence-corrected chi connectivity index (χ0v) is 26.9. The largest absolute Gasteiger partial charge is 0.378 e. The van der Waals surface area contributed by atoms with Crippen LogP contribution in [-0.4, -0.2) is 43.6 Å². The number of fused-ring (bicyclic) bond motifs is 5. The first-order valence-electron chi connectivity index (χ1n) is 15.8. The fourth-order valence-corrected chi connectivity index (χ4v) is 9.76. The lowest BCUT2D eigenvalue weighted by Crippen LogP contribution is -2.51. The van der Waals surface area contributed by atoms with E-state index in [1.165, 1.54) is 64.2 Å². The molecule has 0 bridgehead atoms. The van der Waals surface area contributed by atoms with E-state index in [4.69, 9.17) is 14.2 Å². The zero-order chi connectivity index (χ0) is 26.5. The van der Waals surface area contributed by atoms with Gasteiger partial charge in [-0.1, -0.05) is 88.1 Å². The summed E-state index contributed by atoms with van der Waals surface area (Å²) in [5, 5.41) is 0. The Morgan fingerprint density at radius 1 is 0.892 bits per heavy atom. The molecule has 0 aromatic heterocycles. The molecule has 0 amide bonds. The summed E-state index contributed by atoms with van der Waals surface area (Å²) in [4.78, 5) is 0. The highest BCUT2D eigenvalue weighted by atomic mass is 127. The Morgan fingerprint density at radius 2 is 1.65 bits per heavy atom. The molecule has 0 unspecified atom stereocenters. The lowest BCUT2D eigenvalue weighted by atomic mass is 9.47. The van der Waals surface area contributed by atoms with Gasteiger partial charge in [0.2, 0.25) is 0 Å². The molecule has 37 heavy (non-hydrogen) atoms. The lowest BCUT2D eigenvalue weighted by molar-refractivity contribution is -0.0687. The Balaban J connectivity index is 1.29. The van der Waals surface area contributed by atoms with Crippen molar-refractivity contribution in [3.05, 3.63) is 11.6 Å². The first-order valence-corrected chi connectivity index (χ1v) is 17.3. The highest BCUT2D eigenvalue weighted by Gasteiger charge is 2.59. The fourth-order valence-electron chi connectivity index (χ4n) is 9.44. The normalized spacial score (nSPS) is 38.1. The van der Waals surface area contributed by atoms with Crippen molar-refractivity contribution < 1.29 is 14.2 Å². The van der Waals surface area contributed by atoms with Gasteiger partial charge in [-0.15, -0.1) is 0 Å². The van der Waals surface area contributed by atoms with Crippen molar-refractivity contribution in [2.24, 2.45) is 46.3 Å². The molecule has 3 nitrogen and oxygen atoms in total. The van der Waals surface area contributed by atoms with Gasteiger partial charge in [0.15, 0.2) is 0 Å². The van der Waals surface area contributed by atoms with E-state index in [2.05, 4.69) is 63.3 Å². The van der Waals surface area contributed by atoms with Gasteiger partial charge in [-0.2, -0.15) is 0 Å². The Morgan fingerprint density at radius 3 is 2.41 bits per heavy atom. The summed E-state index contributed by atoms with van der Waals surface area (Å²) in [6, 6.07) is 0. The molecule has 8 atom stereocenters. The summed E-state index contributed by atoms with van der Waals surface area (Å²) >= 11 is 2.34. The van der Waals surface area contributed by atoms with Crippen molar-refractivity contribution in [1.82, 2.24) is 0 Å². The second-order valence-electron chi connectivity index (χ2n) is 13.9. The smallest absolute Gasteiger partial charge is 0.0704 e. The quantitative estimate of drug-likeness (QED) is 0.0833. The number of hydrogen-bond donors (Lipinski definition) is 0. The second-order valence-corrected chi connectivity index (χ2v) is 15.0. The van der Waals surface area contributed by atoms with Crippen LogP contribution < -0.4 is 0 Å². The minimum absolute atomic E-state index is 0.381. The van der Waals surface area contributed by atoms with Gasteiger partial charge in [-0.05, 0) is 97.7 Å². The van der Waals surface area contributed by atoms with Crippen LogP contribution in [0.3, 0.4) is 0 Å². The zero-order valence-electron chi connectivity index (χ0n) is 24.7. The minimum atomic E-state index is 0.381. The molecule has 4 aliphatic carbocycles. The van der Waals surface area contributed by atoms with Gasteiger partial charge in [0.25, 0.3) is 0 Å². The van der Waals surface area contributed by atoms with Crippen molar-refractivity contribution >= 4 is 22.6 Å². The molecule has 4 aliphatic rings. The molecule has 0 radical (unpaired) electrons. The first-order chi connectivity index (χ1) is 17.8. The maximum absolute atomic E-state index is 6.31. The van der Waals surface area contributed by atoms with E-state index >= 15 is 0 Å². The van der Waals surface area contributed by atoms with Crippen LogP contribution in [0.1, 0.15) is 105 Å². The average Bonchev–Trinajstić information content (AvgIpc) is 3.22. The first kappa shape index (κ1) is 30.3. The monoisotopic (exact) mass is 628 g/mol. The molecule has 3 saturated carbocycles. The minimum Gasteiger partial charge on any atom is -0.378 e. The highest BCUT2D eigenvalue weighted by Crippen LogP contribution is 2.67. The van der Waals surface area contributed by atoms with Gasteiger partial charge >= 0.3 is 0 Å². The third-order valence-electron chi connectivity index (χ3n) is 11.4. The predicted octanol–water partition coefficient (Wildman–Crippen LogP) is 8.88. The van der Waals surface area contributed by atoms with Crippen LogP contribution in [0.5, 0.6) is 0 Å². The number of rotatable bonds is 14. The number of halogens is 1. The van der Waals surface area contributed by atoms with Gasteiger partial charge < -0.3 is 14.2 Å². The van der Waals surface area contributed by atoms with Gasteiger partial charge in [0.05, 0.1) is 39.1 Å². The van der Waals surface area contributed by atoms with E-state index in [1.54, 1.807) is 5.57 Å². The van der Waals surface area contributed by atoms with E-state index in [9.17, 15) is 0 Å². The summed E-state index contributed by atoms with van der Waals surface area (Å²) in [7, 11) is 0. The van der Waals surface area contributed by atoms with Crippen LogP contribution in [0.4, 0.5) is 0 Å². The molecule has 0 aliphatic heterocycles. The van der Waals surface area contributed by atoms with E-state index in [0.29, 0.717) is 43.4 Å². The average molecular weight is 629 g/mol. The summed E-state index contributed by atoms with van der Waals surface area (Å²) in [5.41, 5.74) is 2.73. The molecule has 0 aromatic rings. The molecule has 0 spiro atoms. The van der Waals surface area contributed by atoms with Crippen LogP contribution in [0, 0.1) is 46.3 Å². The van der Waals surface area contributed by atoms with E-state index in [0.717, 1.165) is 53.0 Å². The van der Waals surface area contributed by atoms with Crippen LogP contribution in [0.15, 0.2) is 11.6 Å². The molecular weight excluding hydrogens is 571 g/mol. The van der Waals surface area contributed by atoms with Crippen molar-refractivity contribution in [3.8, 4) is 0 Å². The fraction of sp³-hybridized carbons (Fsp3) is 0.939. The lowest BCUT2D eigenvalue weighted by Gasteiger charge is -2.58. The Hall–Kier alpha value is 0.350. The van der Waals surface area contributed by atoms with E-state index in [1.807, 2.05) is 0 Å². The Bertz CT molecular complexity index is 737. The summed E-state index contributed by atoms with van der Waals surface area (Å²) in [6.07, 6.45) is 18.3. The summed E-state index contributed by atoms with van der Waals surface area (Å²) in [6.45, 7) is 16.3. The van der Waals surface area contributed by atoms with Crippen LogP contribution in [0.25, 0.3) is 0 Å². The van der Waals surface area contributed by atoms with Crippen molar-refractivity contribution in [1.29, 1.82) is 0 Å². The van der Waals surface area contributed by atoms with Crippen LogP contribution >= 0.6 is 22.6 Å². The van der Waals surface area contributed by atoms with E-state index in [-0.39, 0.29) is 0 Å². The second kappa shape index (κ2) is 13.8. The topological polar surface area (TPSA) is 27.7 Å². The van der Waals surface area contributed by atoms with Crippen LogP contribution in [0.2, 0.25) is 0 Å². The van der Waals surface area contributed by atoms with Crippen molar-refractivity contribution in [3.63, 3.8) is 0 Å². The van der Waals surface area contributed by atoms with E-state index < -0.39 is 0 Å². The van der Waals surface area contributed by atoms with Crippen molar-refractivity contribution in [2.75, 3.05) is 37.5 Å². The molecule has 4 rings (SSSR count). The maximum Gasteiger partial charge on any atom is 0.0704 e. The molecule has 0 aromatic carbocycles. The summed E-state index contributed by atoms with van der Waals surface area (Å²) in [5.74, 6) is 5.46.